The Bertz CT molecular complexity index is 596. The number of ether oxygens (including phenoxy) is 1. The van der Waals surface area contributed by atoms with Crippen molar-refractivity contribution >= 4 is 15.7 Å². The molecular formula is C12H16N2O5S. The van der Waals surface area contributed by atoms with Crippen LogP contribution in [0.1, 0.15) is 19.8 Å². The third kappa shape index (κ3) is 3.14. The largest absolute Gasteiger partial charge is 0.377 e. The van der Waals surface area contributed by atoms with Crippen LogP contribution in [0.5, 0.6) is 0 Å². The number of nitrogens with one attached hydrogen (secondary N) is 1. The first kappa shape index (κ1) is 14.9. The molecule has 1 fully saturated rings. The number of hydrogen-bond donors (Lipinski definition) is 1. The Kier molecular flexibility index (Phi) is 4.36. The summed E-state index contributed by atoms with van der Waals surface area (Å²) in [7, 11) is -3.94. The fraction of sp³-hybridized carbons (Fsp3) is 0.500. The molecule has 1 aromatic rings. The van der Waals surface area contributed by atoms with E-state index in [0.29, 0.717) is 6.61 Å². The highest BCUT2D eigenvalue weighted by atomic mass is 32.2. The zero-order chi connectivity index (χ0) is 14.8. The van der Waals surface area contributed by atoms with E-state index in [9.17, 15) is 18.5 Å². The van der Waals surface area contributed by atoms with Crippen molar-refractivity contribution in [1.82, 2.24) is 4.72 Å². The monoisotopic (exact) mass is 300 g/mol. The molecule has 7 nitrogen and oxygen atoms in total. The minimum atomic E-state index is -3.94. The molecule has 0 spiro atoms. The van der Waals surface area contributed by atoms with Crippen LogP contribution < -0.4 is 4.72 Å². The first-order chi connectivity index (χ1) is 9.42. The fourth-order valence-corrected chi connectivity index (χ4v) is 3.66. The highest BCUT2D eigenvalue weighted by Gasteiger charge is 2.30. The molecule has 0 aromatic heterocycles. The smallest absolute Gasteiger partial charge is 0.289 e. The standard InChI is InChI=1S/C12H16N2O5S/c1-9(11-6-4-8-19-11)13-20(17,18)12-7-3-2-5-10(12)14(15)16/h2-3,5,7,9,11,13H,4,6,8H2,1H3/t9-,11+/m0/s1. The maximum atomic E-state index is 12.3. The molecule has 0 aliphatic carbocycles. The van der Waals surface area contributed by atoms with Crippen molar-refractivity contribution in [2.75, 3.05) is 6.61 Å². The molecule has 0 bridgehead atoms. The molecule has 0 amide bonds. The van der Waals surface area contributed by atoms with Crippen molar-refractivity contribution in [3.8, 4) is 0 Å². The molecule has 1 heterocycles. The molecule has 2 atom stereocenters. The number of benzene rings is 1. The van der Waals surface area contributed by atoms with Crippen LogP contribution in [0.2, 0.25) is 0 Å². The van der Waals surface area contributed by atoms with Gasteiger partial charge in [0.2, 0.25) is 10.0 Å². The molecule has 20 heavy (non-hydrogen) atoms. The van der Waals surface area contributed by atoms with Crippen molar-refractivity contribution in [2.45, 2.75) is 36.8 Å². The van der Waals surface area contributed by atoms with Crippen molar-refractivity contribution in [1.29, 1.82) is 0 Å². The average molecular weight is 300 g/mol. The van der Waals surface area contributed by atoms with Gasteiger partial charge in [-0.25, -0.2) is 13.1 Å². The van der Waals surface area contributed by atoms with E-state index in [0.717, 1.165) is 12.8 Å². The van der Waals surface area contributed by atoms with Gasteiger partial charge in [-0.3, -0.25) is 10.1 Å². The van der Waals surface area contributed by atoms with Crippen LogP contribution in [0.25, 0.3) is 0 Å². The van der Waals surface area contributed by atoms with Crippen LogP contribution in [-0.2, 0) is 14.8 Å². The van der Waals surface area contributed by atoms with Gasteiger partial charge in [-0.1, -0.05) is 12.1 Å². The molecule has 2 rings (SSSR count). The number of sulfonamides is 1. The van der Waals surface area contributed by atoms with Gasteiger partial charge in [0.1, 0.15) is 0 Å². The number of nitro benzene ring substituents is 1. The molecule has 8 heteroatoms. The van der Waals surface area contributed by atoms with Crippen LogP contribution in [0.3, 0.4) is 0 Å². The van der Waals surface area contributed by atoms with Gasteiger partial charge in [0.25, 0.3) is 5.69 Å². The Morgan fingerprint density at radius 3 is 2.75 bits per heavy atom. The SMILES string of the molecule is C[C@H](NS(=O)(=O)c1ccccc1[N+](=O)[O-])[C@H]1CCCO1. The minimum Gasteiger partial charge on any atom is -0.377 e. The molecule has 110 valence electrons. The van der Waals surface area contributed by atoms with Crippen molar-refractivity contribution in [3.63, 3.8) is 0 Å². The van der Waals surface area contributed by atoms with E-state index in [4.69, 9.17) is 4.74 Å². The Morgan fingerprint density at radius 1 is 1.45 bits per heavy atom. The van der Waals surface area contributed by atoms with Gasteiger partial charge in [-0.05, 0) is 25.8 Å². The van der Waals surface area contributed by atoms with Crippen LogP contribution in [0, 0.1) is 10.1 Å². The summed E-state index contributed by atoms with van der Waals surface area (Å²) in [4.78, 5) is 9.87. The summed E-state index contributed by atoms with van der Waals surface area (Å²) in [6.07, 6.45) is 1.48. The second-order valence-electron chi connectivity index (χ2n) is 4.69. The highest BCUT2D eigenvalue weighted by Crippen LogP contribution is 2.24. The lowest BCUT2D eigenvalue weighted by atomic mass is 10.1. The van der Waals surface area contributed by atoms with Gasteiger partial charge in [-0.2, -0.15) is 0 Å². The topological polar surface area (TPSA) is 98.5 Å². The van der Waals surface area contributed by atoms with Crippen molar-refractivity contribution in [3.05, 3.63) is 34.4 Å². The second kappa shape index (κ2) is 5.86. The van der Waals surface area contributed by atoms with E-state index >= 15 is 0 Å². The molecule has 1 saturated heterocycles. The number of hydrogen-bond acceptors (Lipinski definition) is 5. The molecule has 0 saturated carbocycles. The van der Waals surface area contributed by atoms with Gasteiger partial charge in [0.05, 0.1) is 11.0 Å². The molecule has 1 N–H and O–H groups in total. The Morgan fingerprint density at radius 2 is 2.15 bits per heavy atom. The van der Waals surface area contributed by atoms with Gasteiger partial charge >= 0.3 is 0 Å². The van der Waals surface area contributed by atoms with Crippen LogP contribution >= 0.6 is 0 Å². The molecule has 0 unspecified atom stereocenters. The zero-order valence-corrected chi connectivity index (χ0v) is 11.8. The third-order valence-corrected chi connectivity index (χ3v) is 4.82. The molecule has 1 aliphatic rings. The van der Waals surface area contributed by atoms with Gasteiger partial charge in [0, 0.05) is 18.7 Å². The molecule has 1 aromatic carbocycles. The lowest BCUT2D eigenvalue weighted by Crippen LogP contribution is -2.40. The normalized spacial score (nSPS) is 20.8. The second-order valence-corrected chi connectivity index (χ2v) is 6.37. The van der Waals surface area contributed by atoms with E-state index in [2.05, 4.69) is 4.72 Å². The number of para-hydroxylation sites is 1. The van der Waals surface area contributed by atoms with E-state index in [1.807, 2.05) is 0 Å². The molecule has 0 radical (unpaired) electrons. The third-order valence-electron chi connectivity index (χ3n) is 3.22. The summed E-state index contributed by atoms with van der Waals surface area (Å²) < 4.78 is 32.4. The van der Waals surface area contributed by atoms with E-state index in [-0.39, 0.29) is 11.0 Å². The summed E-state index contributed by atoms with van der Waals surface area (Å²) in [6.45, 7) is 2.31. The highest BCUT2D eigenvalue weighted by molar-refractivity contribution is 7.89. The quantitative estimate of drug-likeness (QED) is 0.655. The predicted octanol–water partition coefficient (Wildman–Crippen LogP) is 1.44. The van der Waals surface area contributed by atoms with Gasteiger partial charge in [0.15, 0.2) is 4.90 Å². The summed E-state index contributed by atoms with van der Waals surface area (Å²) in [5, 5.41) is 10.9. The van der Waals surface area contributed by atoms with E-state index in [1.54, 1.807) is 6.92 Å². The van der Waals surface area contributed by atoms with E-state index < -0.39 is 26.7 Å². The summed E-state index contributed by atoms with van der Waals surface area (Å²) >= 11 is 0. The van der Waals surface area contributed by atoms with Gasteiger partial charge < -0.3 is 4.74 Å². The van der Waals surface area contributed by atoms with Crippen molar-refractivity contribution in [2.24, 2.45) is 0 Å². The lowest BCUT2D eigenvalue weighted by Gasteiger charge is -2.19. The predicted molar refractivity (Wildman–Crippen MR) is 71.9 cm³/mol. The first-order valence-electron chi connectivity index (χ1n) is 6.29. The fourth-order valence-electron chi connectivity index (χ4n) is 2.22. The molecule has 1 aliphatic heterocycles. The maximum Gasteiger partial charge on any atom is 0.289 e. The van der Waals surface area contributed by atoms with Gasteiger partial charge in [-0.15, -0.1) is 0 Å². The summed E-state index contributed by atoms with van der Waals surface area (Å²) in [5.41, 5.74) is -0.431. The van der Waals surface area contributed by atoms with Crippen LogP contribution in [0.4, 0.5) is 5.69 Å². The Labute approximate surface area is 117 Å². The number of nitro groups is 1. The summed E-state index contributed by atoms with van der Waals surface area (Å²) in [5.74, 6) is 0. The lowest BCUT2D eigenvalue weighted by molar-refractivity contribution is -0.387. The summed E-state index contributed by atoms with van der Waals surface area (Å²) in [6, 6.07) is 4.86. The Hall–Kier alpha value is -1.51. The maximum absolute atomic E-state index is 12.3. The number of rotatable bonds is 5. The number of nitrogens with zero attached hydrogens (tertiary/aromatic N) is 1. The van der Waals surface area contributed by atoms with Crippen LogP contribution in [0.15, 0.2) is 29.2 Å². The first-order valence-corrected chi connectivity index (χ1v) is 7.77. The zero-order valence-electron chi connectivity index (χ0n) is 11.0. The van der Waals surface area contributed by atoms with Crippen molar-refractivity contribution < 1.29 is 18.1 Å². The van der Waals surface area contributed by atoms with E-state index in [1.165, 1.54) is 24.3 Å². The Balaban J connectivity index is 2.24. The van der Waals surface area contributed by atoms with Crippen LogP contribution in [-0.4, -0.2) is 32.1 Å². The minimum absolute atomic E-state index is 0.187. The molecular weight excluding hydrogens is 284 g/mol. The average Bonchev–Trinajstić information content (AvgIpc) is 2.92.